The molecule has 678 valence electrons. The predicted octanol–water partition coefficient (Wildman–Crippen LogP) is 30.7. The van der Waals surface area contributed by atoms with Gasteiger partial charge >= 0.3 is 0 Å². The fourth-order valence-corrected chi connectivity index (χ4v) is 20.5. The Hall–Kier alpha value is -19.6. The third-order valence-electron chi connectivity index (χ3n) is 27.2. The molecule has 0 saturated heterocycles. The number of hydrogen-bond donors (Lipinski definition) is 1. The van der Waals surface area contributed by atoms with Crippen molar-refractivity contribution >= 4 is 110 Å². The first-order valence-corrected chi connectivity index (χ1v) is 48.4. The van der Waals surface area contributed by atoms with E-state index in [9.17, 15) is 0 Å². The minimum Gasteiger partial charge on any atom is -0.344 e. The van der Waals surface area contributed by atoms with E-state index in [0.29, 0.717) is 40.8 Å². The molecule has 27 aromatic rings. The number of para-hydroxylation sites is 6. The molecule has 9 heterocycles. The number of aliphatic imine (C=N–C) groups is 2. The van der Waals surface area contributed by atoms with Crippen LogP contribution in [0.2, 0.25) is 0 Å². The average molecular weight is 1850 g/mol. The van der Waals surface area contributed by atoms with Crippen molar-refractivity contribution in [3.05, 3.63) is 533 Å². The van der Waals surface area contributed by atoms with E-state index in [-0.39, 0.29) is 6.17 Å². The molecule has 0 spiro atoms. The molecule has 0 bridgehead atoms. The quantitative estimate of drug-likeness (QED) is 0.101. The van der Waals surface area contributed by atoms with E-state index in [2.05, 4.69) is 391 Å². The van der Waals surface area contributed by atoms with Crippen LogP contribution in [0.3, 0.4) is 0 Å². The third kappa shape index (κ3) is 15.6. The molecule has 1 atom stereocenters. The highest BCUT2D eigenvalue weighted by molar-refractivity contribution is 6.24. The molecule has 1 N–H and O–H groups in total. The lowest BCUT2D eigenvalue weighted by Crippen LogP contribution is -2.33. The van der Waals surface area contributed by atoms with Gasteiger partial charge in [0.15, 0.2) is 40.8 Å². The molecule has 0 amide bonds. The van der Waals surface area contributed by atoms with Crippen molar-refractivity contribution in [1.29, 1.82) is 0 Å². The summed E-state index contributed by atoms with van der Waals surface area (Å²) < 4.78 is 13.9. The van der Waals surface area contributed by atoms with Crippen LogP contribution in [0.15, 0.2) is 526 Å². The normalized spacial score (nSPS) is 12.5. The first-order valence-electron chi connectivity index (χ1n) is 48.4. The minimum atomic E-state index is -0.230. The highest BCUT2D eigenvalue weighted by atomic mass is 15.2. The van der Waals surface area contributed by atoms with Crippen molar-refractivity contribution in [3.8, 4) is 114 Å². The van der Waals surface area contributed by atoms with Crippen molar-refractivity contribution in [1.82, 2.24) is 62.6 Å². The lowest BCUT2D eigenvalue weighted by atomic mass is 10.0. The Labute approximate surface area is 829 Å². The van der Waals surface area contributed by atoms with E-state index in [1.54, 1.807) is 0 Å². The molecule has 144 heavy (non-hydrogen) atoms. The lowest BCUT2D eigenvalue weighted by Gasteiger charge is -2.23. The van der Waals surface area contributed by atoms with Crippen LogP contribution < -0.4 is 5.32 Å². The van der Waals surface area contributed by atoms with Crippen molar-refractivity contribution in [2.75, 3.05) is 0 Å². The zero-order chi connectivity index (χ0) is 95.3. The van der Waals surface area contributed by atoms with E-state index in [0.717, 1.165) is 112 Å². The Kier molecular flexibility index (Phi) is 21.6. The van der Waals surface area contributed by atoms with Crippen molar-refractivity contribution in [2.24, 2.45) is 9.98 Å². The molecule has 0 fully saturated rings. The minimum absolute atomic E-state index is 0.230. The van der Waals surface area contributed by atoms with Crippen LogP contribution >= 0.6 is 0 Å². The molecule has 0 saturated carbocycles. The molecule has 19 aromatic carbocycles. The largest absolute Gasteiger partial charge is 0.344 e. The third-order valence-corrected chi connectivity index (χ3v) is 27.2. The number of benzene rings is 19. The first kappa shape index (κ1) is 84.8. The smallest absolute Gasteiger partial charge is 0.164 e. The summed E-state index contributed by atoms with van der Waals surface area (Å²) in [5.41, 5.74) is 28.3. The summed E-state index contributed by atoms with van der Waals surface area (Å²) in [5.74, 6) is 5.41. The van der Waals surface area contributed by atoms with Gasteiger partial charge in [0.05, 0.1) is 49.7 Å². The number of hydrogen-bond acceptors (Lipinski definition) is 9. The van der Waals surface area contributed by atoms with Gasteiger partial charge in [-0.3, -0.25) is 0 Å². The standard InChI is InChI=1S/C47H31N5.C41H27N5.C41H29N5/c1-4-13-33(14-5-1)45-48-46(34-15-6-2-7-16-34)50-47(49-45)36-18-12-17-35(31-36)32-23-25-38(26-24-32)52-42-22-11-10-21-39(42)44-40-29-30-51(37-19-8-3-9-20-37)41(40)27-28-43(44)52;1-4-13-29(14-5-1)39-42-40(30-15-6-2-7-16-30)44-41(43-39)31-17-12-20-33(27-31)46-35-22-11-10-21-34(35)37-36(46)24-23-28-25-26-45(38(28)37)32-18-8-3-9-19-32;1-4-12-28(13-5-1)39-42-40(29-14-6-2-7-15-29)44-41(43-39)30-20-22-32(23-21-30)46-36-19-11-10-18-33(36)38-34-26-27-45(31-16-8-3-9-17-31)35(34)24-25-37(38)46/h1-31H;1-27H;1-27,39H,(H,42,43,44). The van der Waals surface area contributed by atoms with Gasteiger partial charge in [0.25, 0.3) is 0 Å². The van der Waals surface area contributed by atoms with Gasteiger partial charge < -0.3 is 32.7 Å². The van der Waals surface area contributed by atoms with Crippen LogP contribution in [0.1, 0.15) is 22.9 Å². The first-order chi connectivity index (χ1) is 71.4. The van der Waals surface area contributed by atoms with Gasteiger partial charge in [-0.05, 0) is 174 Å². The SMILES string of the molecule is c1ccc(-c2nc(-c3ccccc3)nc(-c3cccc(-c4ccc(-n5c6ccccc6c6c7ccn(-c8ccccc8)c7ccc65)cc4)c3)n2)cc1.c1ccc(-c2nc(-c3ccccc3)nc(-c3cccc(-n4c5ccccc5c5c6c(ccc54)ccn6-c4ccccc4)c3)n2)cc1.c1ccc(C2=NC(c3ccc(-n4c5ccccc5c5c6ccn(-c7ccccc7)c6ccc54)cc3)=NC(c3ccccc3)N2)cc1. The zero-order valence-electron chi connectivity index (χ0n) is 77.9. The van der Waals surface area contributed by atoms with Crippen molar-refractivity contribution in [2.45, 2.75) is 6.17 Å². The number of rotatable bonds is 16. The molecule has 1 aliphatic heterocycles. The number of aromatic nitrogens is 12. The molecule has 1 unspecified atom stereocenters. The number of amidine groups is 2. The number of fused-ring (bicyclic) bond motifs is 15. The molecule has 28 rings (SSSR count). The fraction of sp³-hybridized carbons (Fsp3) is 0.00775. The van der Waals surface area contributed by atoms with Crippen LogP contribution in [-0.2, 0) is 0 Å². The van der Waals surface area contributed by atoms with E-state index in [1.165, 1.54) is 87.1 Å². The molecule has 0 aliphatic carbocycles. The zero-order valence-corrected chi connectivity index (χ0v) is 77.9. The number of nitrogens with one attached hydrogen (secondary N) is 1. The molecule has 0 radical (unpaired) electrons. The molecule has 8 aromatic heterocycles. The molecule has 15 nitrogen and oxygen atoms in total. The monoisotopic (exact) mass is 1850 g/mol. The second-order valence-electron chi connectivity index (χ2n) is 35.8. The van der Waals surface area contributed by atoms with Crippen LogP contribution in [0, 0.1) is 0 Å². The molecule has 15 heteroatoms. The second-order valence-corrected chi connectivity index (χ2v) is 35.8. The summed E-state index contributed by atoms with van der Waals surface area (Å²) in [6, 6.07) is 173. The van der Waals surface area contributed by atoms with Gasteiger partial charge in [-0.15, -0.1) is 0 Å². The van der Waals surface area contributed by atoms with Gasteiger partial charge in [-0.2, -0.15) is 0 Å². The Bertz CT molecular complexity index is 9440. The van der Waals surface area contributed by atoms with E-state index < -0.39 is 0 Å². The average Bonchev–Trinajstić information content (AvgIpc) is 1.57. The van der Waals surface area contributed by atoms with E-state index in [1.807, 2.05) is 158 Å². The summed E-state index contributed by atoms with van der Waals surface area (Å²) in [7, 11) is 0. The van der Waals surface area contributed by atoms with E-state index >= 15 is 0 Å². The molecular weight excluding hydrogens is 1760 g/mol. The summed E-state index contributed by atoms with van der Waals surface area (Å²) in [6.45, 7) is 0. The topological polar surface area (TPSA) is 144 Å². The highest BCUT2D eigenvalue weighted by Crippen LogP contribution is 2.44. The van der Waals surface area contributed by atoms with E-state index in [4.69, 9.17) is 39.9 Å². The van der Waals surface area contributed by atoms with Crippen molar-refractivity contribution < 1.29 is 0 Å². The summed E-state index contributed by atoms with van der Waals surface area (Å²) in [6.07, 6.45) is 6.29. The Balaban J connectivity index is 0.000000110. The van der Waals surface area contributed by atoms with Crippen LogP contribution in [0.4, 0.5) is 0 Å². The van der Waals surface area contributed by atoms with Crippen LogP contribution in [-0.4, -0.2) is 69.0 Å². The molecule has 1 aliphatic rings. The maximum Gasteiger partial charge on any atom is 0.164 e. The summed E-state index contributed by atoms with van der Waals surface area (Å²) in [4.78, 5) is 39.7. The van der Waals surface area contributed by atoms with Crippen LogP contribution in [0.5, 0.6) is 0 Å². The van der Waals surface area contributed by atoms with Gasteiger partial charge in [0.1, 0.15) is 12.0 Å². The number of nitrogens with zero attached hydrogens (tertiary/aromatic N) is 14. The highest BCUT2D eigenvalue weighted by Gasteiger charge is 2.26. The maximum absolute atomic E-state index is 5.06. The molecular formula is C129H87N15. The Morgan fingerprint density at radius 1 is 0.194 bits per heavy atom. The summed E-state index contributed by atoms with van der Waals surface area (Å²) >= 11 is 0. The second kappa shape index (κ2) is 36.7. The Morgan fingerprint density at radius 3 is 0.972 bits per heavy atom. The van der Waals surface area contributed by atoms with Crippen LogP contribution in [0.25, 0.3) is 212 Å². The van der Waals surface area contributed by atoms with Gasteiger partial charge in [-0.25, -0.2) is 39.9 Å². The Morgan fingerprint density at radius 2 is 0.514 bits per heavy atom. The van der Waals surface area contributed by atoms with Gasteiger partial charge in [0, 0.05) is 146 Å². The van der Waals surface area contributed by atoms with Crippen molar-refractivity contribution in [3.63, 3.8) is 0 Å². The fourth-order valence-electron chi connectivity index (χ4n) is 20.5. The van der Waals surface area contributed by atoms with Gasteiger partial charge in [0.2, 0.25) is 0 Å². The summed E-state index contributed by atoms with van der Waals surface area (Å²) in [5, 5.41) is 14.7. The predicted molar refractivity (Wildman–Crippen MR) is 589 cm³/mol. The lowest BCUT2D eigenvalue weighted by molar-refractivity contribution is 0.674. The van der Waals surface area contributed by atoms with Gasteiger partial charge in [-0.1, -0.05) is 340 Å². The maximum atomic E-state index is 5.06.